The molecule has 1 amide bonds. The van der Waals surface area contributed by atoms with Crippen LogP contribution in [0.3, 0.4) is 0 Å². The van der Waals surface area contributed by atoms with E-state index in [2.05, 4.69) is 23.8 Å². The zero-order chi connectivity index (χ0) is 17.3. The number of amides is 1. The van der Waals surface area contributed by atoms with Gasteiger partial charge in [-0.1, -0.05) is 17.7 Å². The normalized spacial score (nSPS) is 16.8. The van der Waals surface area contributed by atoms with Crippen LogP contribution in [0.15, 0.2) is 36.5 Å². The van der Waals surface area contributed by atoms with Gasteiger partial charge in [-0.25, -0.2) is 0 Å². The molecule has 0 fully saturated rings. The molecule has 3 rings (SSSR count). The Morgan fingerprint density at radius 1 is 1.12 bits per heavy atom. The van der Waals surface area contributed by atoms with Gasteiger partial charge in [-0.15, -0.1) is 0 Å². The van der Waals surface area contributed by atoms with E-state index in [1.807, 2.05) is 43.0 Å². The summed E-state index contributed by atoms with van der Waals surface area (Å²) in [5, 5.41) is 0. The van der Waals surface area contributed by atoms with Gasteiger partial charge in [-0.2, -0.15) is 0 Å². The number of nitrogens with zero attached hydrogens (tertiary/aromatic N) is 2. The molecule has 0 spiro atoms. The molecular formula is C20H24N2O2. The lowest BCUT2D eigenvalue weighted by Crippen LogP contribution is -2.40. The zero-order valence-electron chi connectivity index (χ0n) is 14.6. The van der Waals surface area contributed by atoms with Crippen LogP contribution in [0.4, 0.5) is 0 Å². The molecule has 1 aromatic heterocycles. The Hall–Kier alpha value is -2.36. The second-order valence-corrected chi connectivity index (χ2v) is 6.63. The zero-order valence-corrected chi connectivity index (χ0v) is 14.6. The van der Waals surface area contributed by atoms with Gasteiger partial charge in [0.2, 0.25) is 5.91 Å². The number of rotatable bonds is 4. The van der Waals surface area contributed by atoms with E-state index in [1.54, 1.807) is 0 Å². The van der Waals surface area contributed by atoms with Gasteiger partial charge in [0.25, 0.3) is 0 Å². The topological polar surface area (TPSA) is 42.3 Å². The first-order valence-corrected chi connectivity index (χ1v) is 8.52. The molecule has 4 nitrogen and oxygen atoms in total. The first-order chi connectivity index (χ1) is 11.5. The molecule has 4 heteroatoms. The van der Waals surface area contributed by atoms with Crippen molar-refractivity contribution >= 4 is 11.7 Å². The van der Waals surface area contributed by atoms with E-state index in [1.165, 1.54) is 0 Å². The fourth-order valence-corrected chi connectivity index (χ4v) is 3.45. The van der Waals surface area contributed by atoms with Gasteiger partial charge in [0.15, 0.2) is 5.78 Å². The predicted molar refractivity (Wildman–Crippen MR) is 94.0 cm³/mol. The molecule has 0 aliphatic carbocycles. The van der Waals surface area contributed by atoms with Gasteiger partial charge < -0.3 is 9.47 Å². The molecule has 0 N–H and O–H groups in total. The Morgan fingerprint density at radius 2 is 1.92 bits per heavy atom. The highest BCUT2D eigenvalue weighted by Gasteiger charge is 2.27. The molecule has 1 atom stereocenters. The molecule has 0 bridgehead atoms. The molecule has 0 radical (unpaired) electrons. The average Bonchev–Trinajstić information content (AvgIpc) is 3.04. The highest BCUT2D eigenvalue weighted by molar-refractivity contribution is 5.99. The number of fused-ring (bicyclic) bond motifs is 1. The highest BCUT2D eigenvalue weighted by Crippen LogP contribution is 2.26. The van der Waals surface area contributed by atoms with Crippen LogP contribution in [0.2, 0.25) is 0 Å². The van der Waals surface area contributed by atoms with Gasteiger partial charge >= 0.3 is 0 Å². The Labute approximate surface area is 143 Å². The van der Waals surface area contributed by atoms with Gasteiger partial charge in [0.1, 0.15) is 0 Å². The van der Waals surface area contributed by atoms with Crippen molar-refractivity contribution in [2.75, 3.05) is 6.54 Å². The SMILES string of the molecule is Cc1ccc(C)c(C(=O)CCC(=O)N2CCn3cccc3C2C)c1. The van der Waals surface area contributed by atoms with Crippen molar-refractivity contribution in [1.29, 1.82) is 0 Å². The van der Waals surface area contributed by atoms with Gasteiger partial charge in [0.05, 0.1) is 6.04 Å². The maximum Gasteiger partial charge on any atom is 0.223 e. The molecule has 1 aliphatic rings. The third kappa shape index (κ3) is 3.14. The summed E-state index contributed by atoms with van der Waals surface area (Å²) in [6, 6.07) is 10.0. The molecular weight excluding hydrogens is 300 g/mol. The lowest BCUT2D eigenvalue weighted by atomic mass is 9.99. The lowest BCUT2D eigenvalue weighted by Gasteiger charge is -2.35. The molecule has 126 valence electrons. The number of hydrogen-bond acceptors (Lipinski definition) is 2. The largest absolute Gasteiger partial charge is 0.348 e. The second-order valence-electron chi connectivity index (χ2n) is 6.63. The molecule has 24 heavy (non-hydrogen) atoms. The van der Waals surface area contributed by atoms with Crippen LogP contribution in [-0.2, 0) is 11.3 Å². The number of carbonyl (C=O) groups excluding carboxylic acids is 2. The Kier molecular flexibility index (Phi) is 4.56. The summed E-state index contributed by atoms with van der Waals surface area (Å²) in [7, 11) is 0. The Bertz CT molecular complexity index is 776. The molecule has 1 unspecified atom stereocenters. The van der Waals surface area contributed by atoms with E-state index in [0.29, 0.717) is 6.54 Å². The molecule has 2 aromatic rings. The van der Waals surface area contributed by atoms with E-state index in [4.69, 9.17) is 0 Å². The summed E-state index contributed by atoms with van der Waals surface area (Å²) in [5.41, 5.74) is 3.95. The fraction of sp³-hybridized carbons (Fsp3) is 0.400. The molecule has 0 saturated carbocycles. The maximum absolute atomic E-state index is 12.6. The second kappa shape index (κ2) is 6.63. The van der Waals surface area contributed by atoms with Crippen molar-refractivity contribution in [2.24, 2.45) is 0 Å². The van der Waals surface area contributed by atoms with Crippen molar-refractivity contribution < 1.29 is 9.59 Å². The summed E-state index contributed by atoms with van der Waals surface area (Å²) in [4.78, 5) is 27.0. The summed E-state index contributed by atoms with van der Waals surface area (Å²) >= 11 is 0. The predicted octanol–water partition coefficient (Wildman–Crippen LogP) is 3.67. The molecule has 1 aliphatic heterocycles. The highest BCUT2D eigenvalue weighted by atomic mass is 16.2. The molecule has 1 aromatic carbocycles. The number of ketones is 1. The van der Waals surface area contributed by atoms with E-state index < -0.39 is 0 Å². The minimum atomic E-state index is 0.0533. The number of benzene rings is 1. The maximum atomic E-state index is 12.6. The van der Waals surface area contributed by atoms with Crippen molar-refractivity contribution in [3.63, 3.8) is 0 Å². The average molecular weight is 324 g/mol. The van der Waals surface area contributed by atoms with E-state index in [-0.39, 0.29) is 30.6 Å². The van der Waals surface area contributed by atoms with E-state index in [9.17, 15) is 9.59 Å². The third-order valence-electron chi connectivity index (χ3n) is 4.92. The summed E-state index contributed by atoms with van der Waals surface area (Å²) in [5.74, 6) is 0.117. The van der Waals surface area contributed by atoms with Crippen LogP contribution in [0.1, 0.15) is 53.0 Å². The minimum absolute atomic E-state index is 0.0533. The quantitative estimate of drug-likeness (QED) is 0.805. The van der Waals surface area contributed by atoms with Crippen LogP contribution >= 0.6 is 0 Å². The van der Waals surface area contributed by atoms with Crippen molar-refractivity contribution in [3.05, 3.63) is 58.9 Å². The van der Waals surface area contributed by atoms with Crippen LogP contribution in [-0.4, -0.2) is 27.7 Å². The molecule has 2 heterocycles. The number of aryl methyl sites for hydroxylation is 2. The smallest absolute Gasteiger partial charge is 0.223 e. The minimum Gasteiger partial charge on any atom is -0.348 e. The van der Waals surface area contributed by atoms with Crippen LogP contribution < -0.4 is 0 Å². The van der Waals surface area contributed by atoms with Gasteiger partial charge in [-0.3, -0.25) is 9.59 Å². The first kappa shape index (κ1) is 16.5. The van der Waals surface area contributed by atoms with Crippen LogP contribution in [0, 0.1) is 13.8 Å². The van der Waals surface area contributed by atoms with Gasteiger partial charge in [0, 0.05) is 43.4 Å². The third-order valence-corrected chi connectivity index (χ3v) is 4.92. The van der Waals surface area contributed by atoms with Crippen LogP contribution in [0.25, 0.3) is 0 Å². The molecule has 0 saturated heterocycles. The van der Waals surface area contributed by atoms with Crippen LogP contribution in [0.5, 0.6) is 0 Å². The number of aromatic nitrogens is 1. The summed E-state index contributed by atoms with van der Waals surface area (Å²) < 4.78 is 2.19. The number of hydrogen-bond donors (Lipinski definition) is 0. The fourth-order valence-electron chi connectivity index (χ4n) is 3.45. The monoisotopic (exact) mass is 324 g/mol. The Balaban J connectivity index is 1.64. The standard InChI is InChI=1S/C20H24N2O2/c1-14-6-7-15(2)17(13-14)19(23)8-9-20(24)22-12-11-21-10-4-5-18(21)16(22)3/h4-7,10,13,16H,8-9,11-12H2,1-3H3. The summed E-state index contributed by atoms with van der Waals surface area (Å²) in [6.07, 6.45) is 2.60. The van der Waals surface area contributed by atoms with E-state index in [0.717, 1.165) is 28.9 Å². The first-order valence-electron chi connectivity index (χ1n) is 8.52. The summed E-state index contributed by atoms with van der Waals surface area (Å²) in [6.45, 7) is 7.50. The van der Waals surface area contributed by atoms with Crippen molar-refractivity contribution in [3.8, 4) is 0 Å². The van der Waals surface area contributed by atoms with Crippen molar-refractivity contribution in [2.45, 2.75) is 46.2 Å². The van der Waals surface area contributed by atoms with Gasteiger partial charge in [-0.05, 0) is 44.5 Å². The number of carbonyl (C=O) groups is 2. The lowest BCUT2D eigenvalue weighted by molar-refractivity contribution is -0.134. The van der Waals surface area contributed by atoms with Crippen molar-refractivity contribution in [1.82, 2.24) is 9.47 Å². The van der Waals surface area contributed by atoms with E-state index >= 15 is 0 Å². The number of Topliss-reactive ketones (excluding diaryl/α,β-unsaturated/α-hetero) is 1. The Morgan fingerprint density at radius 3 is 2.71 bits per heavy atom.